The van der Waals surface area contributed by atoms with Gasteiger partial charge in [0.05, 0.1) is 13.2 Å². The van der Waals surface area contributed by atoms with Crippen molar-refractivity contribution in [1.29, 1.82) is 0 Å². The number of hydrogen-bond acceptors (Lipinski definition) is 6. The van der Waals surface area contributed by atoms with Crippen molar-refractivity contribution in [3.63, 3.8) is 0 Å². The second-order valence-electron chi connectivity index (χ2n) is 6.81. The highest BCUT2D eigenvalue weighted by Gasteiger charge is 2.45. The largest absolute Gasteiger partial charge is 0.467 e. The number of rotatable bonds is 4. The fourth-order valence-corrected chi connectivity index (χ4v) is 3.65. The molecule has 2 saturated heterocycles. The molecule has 0 radical (unpaired) electrons. The first-order chi connectivity index (χ1) is 13.0. The normalized spacial score (nSPS) is 24.7. The van der Waals surface area contributed by atoms with Gasteiger partial charge in [-0.1, -0.05) is 30.3 Å². The van der Waals surface area contributed by atoms with E-state index in [2.05, 4.69) is 0 Å². The van der Waals surface area contributed by atoms with Crippen LogP contribution in [0, 0.1) is 0 Å². The number of carbonyl (C=O) groups excluding carboxylic acids is 3. The van der Waals surface area contributed by atoms with Gasteiger partial charge in [-0.15, -0.1) is 0 Å². The number of aliphatic hydroxyl groups excluding tert-OH is 1. The van der Waals surface area contributed by atoms with Crippen LogP contribution in [0.5, 0.6) is 0 Å². The fraction of sp³-hybridized carbons (Fsp3) is 0.526. The summed E-state index contributed by atoms with van der Waals surface area (Å²) in [6.07, 6.45) is -0.0126. The number of methoxy groups -OCH3 is 1. The van der Waals surface area contributed by atoms with Gasteiger partial charge in [-0.3, -0.25) is 9.69 Å². The predicted molar refractivity (Wildman–Crippen MR) is 94.5 cm³/mol. The van der Waals surface area contributed by atoms with E-state index in [4.69, 9.17) is 9.47 Å². The standard InChI is InChI=1S/C19H24N2O6/c1-26-18(24)16-10-14(22)11-21(16)17(23)15-8-5-9-20(15)19(25)27-12-13-6-3-2-4-7-13/h2-4,6-7,14-16,22H,5,8-12H2,1H3/t14?,15-,16-/m0/s1. The Hall–Kier alpha value is -2.61. The van der Waals surface area contributed by atoms with Crippen molar-refractivity contribution < 1.29 is 29.0 Å². The molecule has 2 aliphatic heterocycles. The molecule has 0 saturated carbocycles. The summed E-state index contributed by atoms with van der Waals surface area (Å²) in [6.45, 7) is 0.607. The number of ether oxygens (including phenoxy) is 2. The lowest BCUT2D eigenvalue weighted by Crippen LogP contribution is -2.51. The van der Waals surface area contributed by atoms with Crippen molar-refractivity contribution in [2.24, 2.45) is 0 Å². The van der Waals surface area contributed by atoms with Crippen LogP contribution >= 0.6 is 0 Å². The molecular formula is C19H24N2O6. The monoisotopic (exact) mass is 376 g/mol. The second-order valence-corrected chi connectivity index (χ2v) is 6.81. The highest BCUT2D eigenvalue weighted by molar-refractivity contribution is 5.90. The van der Waals surface area contributed by atoms with E-state index in [0.29, 0.717) is 19.4 Å². The molecule has 8 nitrogen and oxygen atoms in total. The van der Waals surface area contributed by atoms with Crippen LogP contribution in [-0.4, -0.2) is 71.3 Å². The number of nitrogens with zero attached hydrogens (tertiary/aromatic N) is 2. The van der Waals surface area contributed by atoms with Gasteiger partial charge < -0.3 is 19.5 Å². The molecule has 1 N–H and O–H groups in total. The zero-order chi connectivity index (χ0) is 19.4. The molecule has 0 spiro atoms. The Kier molecular flexibility index (Phi) is 5.95. The Morgan fingerprint density at radius 3 is 2.59 bits per heavy atom. The van der Waals surface area contributed by atoms with Crippen molar-refractivity contribution in [2.75, 3.05) is 20.2 Å². The first-order valence-corrected chi connectivity index (χ1v) is 9.05. The van der Waals surface area contributed by atoms with Crippen molar-refractivity contribution in [2.45, 2.75) is 44.1 Å². The van der Waals surface area contributed by atoms with Gasteiger partial charge in [-0.05, 0) is 18.4 Å². The smallest absolute Gasteiger partial charge is 0.410 e. The lowest BCUT2D eigenvalue weighted by atomic mass is 10.1. The highest BCUT2D eigenvalue weighted by atomic mass is 16.6. The zero-order valence-electron chi connectivity index (χ0n) is 15.2. The van der Waals surface area contributed by atoms with Crippen LogP contribution in [0.2, 0.25) is 0 Å². The van der Waals surface area contributed by atoms with E-state index in [9.17, 15) is 19.5 Å². The van der Waals surface area contributed by atoms with E-state index < -0.39 is 30.3 Å². The Morgan fingerprint density at radius 2 is 1.89 bits per heavy atom. The summed E-state index contributed by atoms with van der Waals surface area (Å²) in [5, 5.41) is 9.88. The number of likely N-dealkylation sites (tertiary alicyclic amines) is 2. The van der Waals surface area contributed by atoms with Crippen LogP contribution in [0.4, 0.5) is 4.79 Å². The van der Waals surface area contributed by atoms with E-state index in [0.717, 1.165) is 5.56 Å². The Bertz CT molecular complexity index is 695. The summed E-state index contributed by atoms with van der Waals surface area (Å²) in [7, 11) is 1.25. The molecule has 2 amide bonds. The summed E-state index contributed by atoms with van der Waals surface area (Å²) in [6, 6.07) is 7.79. The lowest BCUT2D eigenvalue weighted by molar-refractivity contribution is -0.152. The Labute approximate surface area is 157 Å². The van der Waals surface area contributed by atoms with E-state index in [-0.39, 0.29) is 25.5 Å². The molecule has 2 fully saturated rings. The SMILES string of the molecule is COC(=O)[C@@H]1CC(O)CN1C(=O)[C@@H]1CCCN1C(=O)OCc1ccccc1. The van der Waals surface area contributed by atoms with E-state index >= 15 is 0 Å². The topological polar surface area (TPSA) is 96.4 Å². The minimum Gasteiger partial charge on any atom is -0.467 e. The molecular weight excluding hydrogens is 352 g/mol. The number of aliphatic hydroxyl groups is 1. The van der Waals surface area contributed by atoms with Crippen molar-refractivity contribution in [3.8, 4) is 0 Å². The predicted octanol–water partition coefficient (Wildman–Crippen LogP) is 0.922. The minimum absolute atomic E-state index is 0.0575. The summed E-state index contributed by atoms with van der Waals surface area (Å²) in [5.41, 5.74) is 0.862. The molecule has 0 aromatic heterocycles. The maximum Gasteiger partial charge on any atom is 0.410 e. The second kappa shape index (κ2) is 8.39. The maximum absolute atomic E-state index is 13.0. The highest BCUT2D eigenvalue weighted by Crippen LogP contribution is 2.26. The molecule has 3 atom stereocenters. The molecule has 2 heterocycles. The minimum atomic E-state index is -0.819. The van der Waals surface area contributed by atoms with Crippen molar-refractivity contribution in [3.05, 3.63) is 35.9 Å². The van der Waals surface area contributed by atoms with Gasteiger partial charge in [0.1, 0.15) is 18.7 Å². The molecule has 1 unspecified atom stereocenters. The van der Waals surface area contributed by atoms with E-state index in [1.807, 2.05) is 30.3 Å². The number of hydrogen-bond donors (Lipinski definition) is 1. The summed E-state index contributed by atoms with van der Waals surface area (Å²) < 4.78 is 10.1. The molecule has 8 heteroatoms. The van der Waals surface area contributed by atoms with E-state index in [1.54, 1.807) is 0 Å². The number of carbonyl (C=O) groups is 3. The van der Waals surface area contributed by atoms with Gasteiger partial charge in [0.15, 0.2) is 0 Å². The third-order valence-electron chi connectivity index (χ3n) is 5.01. The molecule has 27 heavy (non-hydrogen) atoms. The summed E-state index contributed by atoms with van der Waals surface area (Å²) in [4.78, 5) is 40.1. The molecule has 0 aliphatic carbocycles. The van der Waals surface area contributed by atoms with Crippen molar-refractivity contribution >= 4 is 18.0 Å². The van der Waals surface area contributed by atoms with Crippen LogP contribution < -0.4 is 0 Å². The van der Waals surface area contributed by atoms with Crippen LogP contribution in [0.3, 0.4) is 0 Å². The number of β-amino-alcohol motifs (C(OH)–C–C–N with tert-alkyl or cyclic N) is 1. The Morgan fingerprint density at radius 1 is 1.15 bits per heavy atom. The van der Waals surface area contributed by atoms with Gasteiger partial charge >= 0.3 is 12.1 Å². The van der Waals surface area contributed by atoms with Gasteiger partial charge in [-0.25, -0.2) is 9.59 Å². The lowest BCUT2D eigenvalue weighted by Gasteiger charge is -2.29. The number of benzene rings is 1. The van der Waals surface area contributed by atoms with Crippen LogP contribution in [0.25, 0.3) is 0 Å². The molecule has 0 bridgehead atoms. The first kappa shape index (κ1) is 19.2. The van der Waals surface area contributed by atoms with Gasteiger partial charge in [0.2, 0.25) is 5.91 Å². The zero-order valence-corrected chi connectivity index (χ0v) is 15.2. The molecule has 146 valence electrons. The molecule has 3 rings (SSSR count). The quantitative estimate of drug-likeness (QED) is 0.785. The van der Waals surface area contributed by atoms with Crippen LogP contribution in [0.15, 0.2) is 30.3 Å². The van der Waals surface area contributed by atoms with Crippen molar-refractivity contribution in [1.82, 2.24) is 9.80 Å². The van der Waals surface area contributed by atoms with Gasteiger partial charge in [0, 0.05) is 19.5 Å². The summed E-state index contributed by atoms with van der Waals surface area (Å²) in [5.74, 6) is -0.910. The third kappa shape index (κ3) is 4.21. The van der Waals surface area contributed by atoms with Gasteiger partial charge in [-0.2, -0.15) is 0 Å². The molecule has 2 aliphatic rings. The Balaban J connectivity index is 1.65. The average Bonchev–Trinajstić information content (AvgIpc) is 3.32. The third-order valence-corrected chi connectivity index (χ3v) is 5.01. The van der Waals surface area contributed by atoms with Crippen LogP contribution in [-0.2, 0) is 25.7 Å². The number of amides is 2. The summed E-state index contributed by atoms with van der Waals surface area (Å²) >= 11 is 0. The van der Waals surface area contributed by atoms with E-state index in [1.165, 1.54) is 16.9 Å². The molecule has 1 aromatic rings. The first-order valence-electron chi connectivity index (χ1n) is 9.05. The maximum atomic E-state index is 13.0. The average molecular weight is 376 g/mol. The van der Waals surface area contributed by atoms with Crippen LogP contribution in [0.1, 0.15) is 24.8 Å². The fourth-order valence-electron chi connectivity index (χ4n) is 3.65. The number of esters is 1. The molecule has 1 aromatic carbocycles. The van der Waals surface area contributed by atoms with Gasteiger partial charge in [0.25, 0.3) is 0 Å².